The molecule has 10 nitrogen and oxygen atoms in total. The summed E-state index contributed by atoms with van der Waals surface area (Å²) in [5.74, 6) is -3.51. The van der Waals surface area contributed by atoms with Crippen LogP contribution in [0.25, 0.3) is 11.3 Å². The summed E-state index contributed by atoms with van der Waals surface area (Å²) < 4.78 is 34.9. The SMILES string of the molecule is COc1ccc(-c2cnc(C(=O)Nc3ccc(C(=O)N4CCN(C(=O)CCN)CC4)c(Cl)c3)n2C)c(F)c1F. The monoisotopic (exact) mass is 560 g/mol. The van der Waals surface area contributed by atoms with Crippen LogP contribution in [-0.4, -0.2) is 76.9 Å². The smallest absolute Gasteiger partial charge is 0.291 e. The fourth-order valence-corrected chi connectivity index (χ4v) is 4.58. The number of methoxy groups -OCH3 is 1. The Morgan fingerprint density at radius 3 is 2.41 bits per heavy atom. The van der Waals surface area contributed by atoms with Gasteiger partial charge in [-0.15, -0.1) is 0 Å². The minimum Gasteiger partial charge on any atom is -0.494 e. The molecular formula is C26H27ClF2N6O4. The summed E-state index contributed by atoms with van der Waals surface area (Å²) in [5, 5.41) is 2.79. The highest BCUT2D eigenvalue weighted by atomic mass is 35.5. The lowest BCUT2D eigenvalue weighted by Crippen LogP contribution is -2.50. The largest absolute Gasteiger partial charge is 0.494 e. The number of nitrogens with one attached hydrogen (secondary N) is 1. The first kappa shape index (κ1) is 28.0. The number of hydrogen-bond donors (Lipinski definition) is 2. The summed E-state index contributed by atoms with van der Waals surface area (Å²) in [5.41, 5.74) is 6.11. The number of rotatable bonds is 7. The van der Waals surface area contributed by atoms with Crippen molar-refractivity contribution in [2.24, 2.45) is 12.8 Å². The van der Waals surface area contributed by atoms with Crippen molar-refractivity contribution in [3.05, 3.63) is 64.6 Å². The van der Waals surface area contributed by atoms with Crippen molar-refractivity contribution < 1.29 is 27.9 Å². The molecule has 3 aromatic rings. The minimum absolute atomic E-state index is 0.0381. The average molecular weight is 561 g/mol. The summed E-state index contributed by atoms with van der Waals surface area (Å²) in [6, 6.07) is 7.10. The van der Waals surface area contributed by atoms with Gasteiger partial charge in [0.2, 0.25) is 11.7 Å². The minimum atomic E-state index is -1.14. The Bertz CT molecular complexity index is 1420. The Morgan fingerprint density at radius 2 is 1.77 bits per heavy atom. The Hall–Kier alpha value is -4.03. The van der Waals surface area contributed by atoms with Crippen LogP contribution in [0.15, 0.2) is 36.5 Å². The lowest BCUT2D eigenvalue weighted by atomic mass is 10.1. The lowest BCUT2D eigenvalue weighted by Gasteiger charge is -2.35. The molecule has 4 rings (SSSR count). The third-order valence-electron chi connectivity index (χ3n) is 6.47. The highest BCUT2D eigenvalue weighted by Crippen LogP contribution is 2.30. The predicted molar refractivity (Wildman–Crippen MR) is 141 cm³/mol. The maximum Gasteiger partial charge on any atom is 0.291 e. The maximum atomic E-state index is 14.6. The third-order valence-corrected chi connectivity index (χ3v) is 6.78. The van der Waals surface area contributed by atoms with Crippen LogP contribution >= 0.6 is 11.6 Å². The summed E-state index contributed by atoms with van der Waals surface area (Å²) in [6.07, 6.45) is 1.53. The molecule has 13 heteroatoms. The van der Waals surface area contributed by atoms with Gasteiger partial charge in [-0.1, -0.05) is 11.6 Å². The highest BCUT2D eigenvalue weighted by Gasteiger charge is 2.26. The molecule has 0 atom stereocenters. The van der Waals surface area contributed by atoms with Crippen molar-refractivity contribution in [2.45, 2.75) is 6.42 Å². The summed E-state index contributed by atoms with van der Waals surface area (Å²) >= 11 is 6.38. The van der Waals surface area contributed by atoms with E-state index < -0.39 is 17.5 Å². The highest BCUT2D eigenvalue weighted by molar-refractivity contribution is 6.34. The van der Waals surface area contributed by atoms with Crippen molar-refractivity contribution in [1.82, 2.24) is 19.4 Å². The molecular weight excluding hydrogens is 534 g/mol. The van der Waals surface area contributed by atoms with Crippen molar-refractivity contribution in [3.8, 4) is 17.0 Å². The molecule has 1 saturated heterocycles. The lowest BCUT2D eigenvalue weighted by molar-refractivity contribution is -0.132. The number of ether oxygens (including phenoxy) is 1. The second-order valence-electron chi connectivity index (χ2n) is 8.83. The van der Waals surface area contributed by atoms with E-state index in [0.29, 0.717) is 31.9 Å². The van der Waals surface area contributed by atoms with Gasteiger partial charge in [-0.3, -0.25) is 14.4 Å². The standard InChI is InChI=1S/C26H27ClF2N6O4/c1-33-19(17-5-6-20(39-2)23(29)22(17)28)14-31-24(33)25(37)32-15-3-4-16(18(27)13-15)26(38)35-11-9-34(10-12-35)21(36)7-8-30/h3-6,13-14H,7-12,30H2,1-2H3,(H,32,37). The molecule has 2 aromatic carbocycles. The molecule has 0 aliphatic carbocycles. The van der Waals surface area contributed by atoms with Gasteiger partial charge in [-0.25, -0.2) is 9.37 Å². The summed E-state index contributed by atoms with van der Waals surface area (Å²) in [6.45, 7) is 1.83. The number of halogens is 3. The zero-order valence-electron chi connectivity index (χ0n) is 21.3. The quantitative estimate of drug-likeness (QED) is 0.458. The number of nitrogens with zero attached hydrogens (tertiary/aromatic N) is 4. The second-order valence-corrected chi connectivity index (χ2v) is 9.24. The Kier molecular flexibility index (Phi) is 8.46. The van der Waals surface area contributed by atoms with Crippen molar-refractivity contribution in [1.29, 1.82) is 0 Å². The molecule has 39 heavy (non-hydrogen) atoms. The first-order valence-electron chi connectivity index (χ1n) is 12.1. The topological polar surface area (TPSA) is 123 Å². The maximum absolute atomic E-state index is 14.6. The number of anilines is 1. The number of imidazole rings is 1. The molecule has 1 aliphatic rings. The first-order chi connectivity index (χ1) is 18.7. The number of amides is 3. The van der Waals surface area contributed by atoms with Crippen molar-refractivity contribution in [3.63, 3.8) is 0 Å². The molecule has 206 valence electrons. The van der Waals surface area contributed by atoms with E-state index >= 15 is 0 Å². The fourth-order valence-electron chi connectivity index (χ4n) is 4.32. The number of benzene rings is 2. The van der Waals surface area contributed by atoms with Crippen LogP contribution in [-0.2, 0) is 11.8 Å². The van der Waals surface area contributed by atoms with Gasteiger partial charge in [0.05, 0.1) is 29.6 Å². The Balaban J connectivity index is 1.44. The number of carbonyl (C=O) groups excluding carboxylic acids is 3. The zero-order valence-corrected chi connectivity index (χ0v) is 22.1. The van der Waals surface area contributed by atoms with Gasteiger partial charge in [0.25, 0.3) is 11.8 Å². The van der Waals surface area contributed by atoms with E-state index in [9.17, 15) is 23.2 Å². The van der Waals surface area contributed by atoms with Gasteiger partial charge in [-0.05, 0) is 30.3 Å². The van der Waals surface area contributed by atoms with Gasteiger partial charge >= 0.3 is 0 Å². The molecule has 0 saturated carbocycles. The Morgan fingerprint density at radius 1 is 1.08 bits per heavy atom. The van der Waals surface area contributed by atoms with Crippen molar-refractivity contribution >= 4 is 35.0 Å². The average Bonchev–Trinajstić information content (AvgIpc) is 3.31. The van der Waals surface area contributed by atoms with Crippen LogP contribution < -0.4 is 15.8 Å². The van der Waals surface area contributed by atoms with Crippen LogP contribution in [0.4, 0.5) is 14.5 Å². The summed E-state index contributed by atoms with van der Waals surface area (Å²) in [7, 11) is 2.73. The molecule has 0 bridgehead atoms. The second kappa shape index (κ2) is 11.8. The molecule has 2 heterocycles. The number of piperazine rings is 1. The molecule has 1 fully saturated rings. The van der Waals surface area contributed by atoms with Crippen LogP contribution in [0.2, 0.25) is 5.02 Å². The van der Waals surface area contributed by atoms with Crippen LogP contribution in [0, 0.1) is 11.6 Å². The van der Waals surface area contributed by atoms with Gasteiger partial charge in [0.1, 0.15) is 0 Å². The van der Waals surface area contributed by atoms with E-state index in [1.165, 1.54) is 55.3 Å². The van der Waals surface area contributed by atoms with Crippen LogP contribution in [0.1, 0.15) is 27.4 Å². The van der Waals surface area contributed by atoms with Gasteiger partial charge in [0, 0.05) is 57.4 Å². The van der Waals surface area contributed by atoms with E-state index in [4.69, 9.17) is 22.1 Å². The molecule has 1 aromatic heterocycles. The molecule has 1 aliphatic heterocycles. The fraction of sp³-hybridized carbons (Fsp3) is 0.308. The normalized spacial score (nSPS) is 13.4. The third kappa shape index (κ3) is 5.71. The van der Waals surface area contributed by atoms with E-state index in [2.05, 4.69) is 10.3 Å². The molecule has 3 N–H and O–H groups in total. The van der Waals surface area contributed by atoms with Gasteiger partial charge in [-0.2, -0.15) is 4.39 Å². The van der Waals surface area contributed by atoms with Crippen LogP contribution in [0.3, 0.4) is 0 Å². The number of nitrogens with two attached hydrogens (primary N) is 1. The van der Waals surface area contributed by atoms with Crippen LogP contribution in [0.5, 0.6) is 5.75 Å². The molecule has 3 amide bonds. The van der Waals surface area contributed by atoms with Crippen molar-refractivity contribution in [2.75, 3.05) is 45.2 Å². The predicted octanol–water partition coefficient (Wildman–Crippen LogP) is 2.91. The molecule has 0 unspecified atom stereocenters. The first-order valence-corrected chi connectivity index (χ1v) is 12.5. The van der Waals surface area contributed by atoms with E-state index in [0.717, 1.165) is 0 Å². The number of hydrogen-bond acceptors (Lipinski definition) is 6. The Labute approximate surface area is 228 Å². The number of carbonyl (C=O) groups is 3. The van der Waals surface area contributed by atoms with E-state index in [1.807, 2.05) is 0 Å². The summed E-state index contributed by atoms with van der Waals surface area (Å²) in [4.78, 5) is 45.3. The van der Waals surface area contributed by atoms with Gasteiger partial charge < -0.3 is 30.2 Å². The van der Waals surface area contributed by atoms with E-state index in [1.54, 1.807) is 9.80 Å². The number of aromatic nitrogens is 2. The molecule has 0 radical (unpaired) electrons. The van der Waals surface area contributed by atoms with E-state index in [-0.39, 0.29) is 58.2 Å². The van der Waals surface area contributed by atoms with Gasteiger partial charge in [0.15, 0.2) is 17.4 Å². The zero-order chi connectivity index (χ0) is 28.3. The molecule has 0 spiro atoms.